The molecule has 0 aliphatic heterocycles. The lowest BCUT2D eigenvalue weighted by Gasteiger charge is -2.11. The zero-order valence-electron chi connectivity index (χ0n) is 22.8. The van der Waals surface area contributed by atoms with Crippen LogP contribution in [0.2, 0.25) is 0 Å². The van der Waals surface area contributed by atoms with Crippen molar-refractivity contribution in [1.82, 2.24) is 34.2 Å². The van der Waals surface area contributed by atoms with Gasteiger partial charge in [0.25, 0.3) is 11.8 Å². The van der Waals surface area contributed by atoms with E-state index in [-0.39, 0.29) is 28.4 Å². The first-order valence-electron chi connectivity index (χ1n) is 12.6. The molecule has 11 nitrogen and oxygen atoms in total. The molecule has 1 aromatic carbocycles. The number of nitrogens with one attached hydrogen (secondary N) is 2. The first-order valence-corrected chi connectivity index (χ1v) is 12.6. The number of benzene rings is 1. The Hall–Kier alpha value is -5.01. The molecule has 0 bridgehead atoms. The quantitative estimate of drug-likeness (QED) is 0.305. The molecule has 0 spiro atoms. The number of hydrogen-bond donors (Lipinski definition) is 2. The van der Waals surface area contributed by atoms with Gasteiger partial charge in [0.1, 0.15) is 5.69 Å². The third kappa shape index (κ3) is 5.15. The van der Waals surface area contributed by atoms with E-state index < -0.39 is 23.7 Å². The van der Waals surface area contributed by atoms with E-state index in [2.05, 4.69) is 30.9 Å². The zero-order valence-corrected chi connectivity index (χ0v) is 22.8. The van der Waals surface area contributed by atoms with E-state index in [0.717, 1.165) is 23.3 Å². The van der Waals surface area contributed by atoms with Gasteiger partial charge in [-0.25, -0.2) is 9.50 Å². The highest BCUT2D eigenvalue weighted by Gasteiger charge is 2.36. The van der Waals surface area contributed by atoms with Gasteiger partial charge in [-0.3, -0.25) is 19.0 Å². The highest BCUT2D eigenvalue weighted by Crippen LogP contribution is 2.33. The topological polar surface area (TPSA) is 124 Å². The van der Waals surface area contributed by atoms with Crippen LogP contribution in [0.15, 0.2) is 42.7 Å². The minimum atomic E-state index is -4.77. The maximum atomic E-state index is 14.1. The molecular formula is C27H26F3N9O2. The lowest BCUT2D eigenvalue weighted by molar-refractivity contribution is -0.142. The number of carbonyl (C=O) groups is 2. The number of alkyl halides is 3. The first-order chi connectivity index (χ1) is 19.4. The number of nitrogens with zero attached hydrogens (tertiary/aromatic N) is 7. The normalized spacial score (nSPS) is 11.7. The third-order valence-electron chi connectivity index (χ3n) is 6.84. The molecule has 0 saturated carbocycles. The van der Waals surface area contributed by atoms with Crippen LogP contribution in [0.1, 0.15) is 50.4 Å². The standard InChI is InChI=1S/C27H26F3N9O2/c1-6-38-24(26(41)34-20-12-31-37(5)16(20)4)21(13-32-38)35-25(40)19-11-23-33-18(17-8-7-14(2)15(3)9-17)10-22(27(28,29)30)39(23)36-19/h7-13H,6H2,1-5H3,(H,34,41)(H,35,40). The molecule has 2 N–H and O–H groups in total. The van der Waals surface area contributed by atoms with Gasteiger partial charge >= 0.3 is 6.18 Å². The number of aryl methyl sites for hydroxylation is 4. The summed E-state index contributed by atoms with van der Waals surface area (Å²) in [7, 11) is 1.73. The van der Waals surface area contributed by atoms with Crippen LogP contribution in [0.4, 0.5) is 24.5 Å². The smallest absolute Gasteiger partial charge is 0.318 e. The van der Waals surface area contributed by atoms with Crippen molar-refractivity contribution in [1.29, 1.82) is 0 Å². The third-order valence-corrected chi connectivity index (χ3v) is 6.84. The summed E-state index contributed by atoms with van der Waals surface area (Å²) in [5.74, 6) is -1.39. The Balaban J connectivity index is 1.50. The van der Waals surface area contributed by atoms with Gasteiger partial charge in [0.2, 0.25) is 0 Å². The van der Waals surface area contributed by atoms with Gasteiger partial charge in [0.05, 0.1) is 35.2 Å². The minimum absolute atomic E-state index is 0.0546. The number of anilines is 2. The van der Waals surface area contributed by atoms with Crippen molar-refractivity contribution >= 4 is 28.8 Å². The lowest BCUT2D eigenvalue weighted by Crippen LogP contribution is -2.21. The molecule has 0 atom stereocenters. The van der Waals surface area contributed by atoms with Gasteiger partial charge in [-0.1, -0.05) is 12.1 Å². The van der Waals surface area contributed by atoms with Crippen molar-refractivity contribution in [2.45, 2.75) is 40.4 Å². The summed E-state index contributed by atoms with van der Waals surface area (Å²) in [5.41, 5.74) is 2.22. The Morgan fingerprint density at radius 2 is 1.63 bits per heavy atom. The molecule has 41 heavy (non-hydrogen) atoms. The highest BCUT2D eigenvalue weighted by molar-refractivity contribution is 6.11. The van der Waals surface area contributed by atoms with E-state index in [1.807, 2.05) is 13.8 Å². The van der Waals surface area contributed by atoms with E-state index in [1.165, 1.54) is 17.1 Å². The fraction of sp³-hybridized carbons (Fsp3) is 0.259. The fourth-order valence-corrected chi connectivity index (χ4v) is 4.28. The Kier molecular flexibility index (Phi) is 6.85. The Bertz CT molecular complexity index is 1810. The summed E-state index contributed by atoms with van der Waals surface area (Å²) in [6.45, 7) is 7.62. The number of amides is 2. The van der Waals surface area contributed by atoms with E-state index in [4.69, 9.17) is 0 Å². The number of hydrogen-bond acceptors (Lipinski definition) is 6. The number of aromatic nitrogens is 7. The monoisotopic (exact) mass is 565 g/mol. The van der Waals surface area contributed by atoms with Crippen LogP contribution >= 0.6 is 0 Å². The molecule has 4 aromatic heterocycles. The Labute approximate surface area is 232 Å². The summed E-state index contributed by atoms with van der Waals surface area (Å²) >= 11 is 0. The SMILES string of the molecule is CCn1ncc(NC(=O)c2cc3nc(-c4ccc(C)c(C)c4)cc(C(F)(F)F)n3n2)c1C(=O)Nc1cnn(C)c1C. The summed E-state index contributed by atoms with van der Waals surface area (Å²) < 4.78 is 45.7. The van der Waals surface area contributed by atoms with Crippen molar-refractivity contribution in [3.8, 4) is 11.3 Å². The van der Waals surface area contributed by atoms with Gasteiger partial charge in [-0.2, -0.15) is 28.5 Å². The molecule has 4 heterocycles. The van der Waals surface area contributed by atoms with Crippen LogP contribution in [0.25, 0.3) is 16.9 Å². The van der Waals surface area contributed by atoms with Crippen molar-refractivity contribution < 1.29 is 22.8 Å². The predicted octanol–water partition coefficient (Wildman–Crippen LogP) is 4.79. The number of rotatable bonds is 6. The number of fused-ring (bicyclic) bond motifs is 1. The molecule has 2 amide bonds. The van der Waals surface area contributed by atoms with Crippen molar-refractivity contribution in [2.24, 2.45) is 7.05 Å². The summed E-state index contributed by atoms with van der Waals surface area (Å²) in [4.78, 5) is 30.7. The van der Waals surface area contributed by atoms with Crippen molar-refractivity contribution in [3.63, 3.8) is 0 Å². The van der Waals surface area contributed by atoms with Crippen LogP contribution in [0.3, 0.4) is 0 Å². The molecule has 0 aliphatic carbocycles. The second-order valence-corrected chi connectivity index (χ2v) is 9.52. The first kappa shape index (κ1) is 27.6. The maximum absolute atomic E-state index is 14.1. The van der Waals surface area contributed by atoms with Crippen molar-refractivity contribution in [3.05, 3.63) is 76.6 Å². The van der Waals surface area contributed by atoms with Crippen LogP contribution in [-0.4, -0.2) is 46.0 Å². The molecule has 0 unspecified atom stereocenters. The maximum Gasteiger partial charge on any atom is 0.433 e. The van der Waals surface area contributed by atoms with Crippen LogP contribution in [-0.2, 0) is 19.8 Å². The van der Waals surface area contributed by atoms with Gasteiger partial charge in [0.15, 0.2) is 17.0 Å². The van der Waals surface area contributed by atoms with Crippen LogP contribution in [0.5, 0.6) is 0 Å². The average molecular weight is 566 g/mol. The Morgan fingerprint density at radius 1 is 0.927 bits per heavy atom. The van der Waals surface area contributed by atoms with Crippen LogP contribution in [0, 0.1) is 20.8 Å². The molecular weight excluding hydrogens is 539 g/mol. The Morgan fingerprint density at radius 3 is 2.27 bits per heavy atom. The molecule has 5 aromatic rings. The molecule has 14 heteroatoms. The summed E-state index contributed by atoms with van der Waals surface area (Å²) in [6, 6.07) is 7.32. The van der Waals surface area contributed by atoms with Crippen molar-refractivity contribution in [2.75, 3.05) is 10.6 Å². The molecule has 5 rings (SSSR count). The molecule has 0 radical (unpaired) electrons. The molecule has 0 saturated heterocycles. The summed E-state index contributed by atoms with van der Waals surface area (Å²) in [6.07, 6.45) is -1.99. The fourth-order valence-electron chi connectivity index (χ4n) is 4.28. The lowest BCUT2D eigenvalue weighted by atomic mass is 10.0. The van der Waals surface area contributed by atoms with E-state index in [9.17, 15) is 22.8 Å². The molecule has 0 aliphatic rings. The summed E-state index contributed by atoms with van der Waals surface area (Å²) in [5, 5.41) is 17.5. The average Bonchev–Trinajstić information content (AvgIpc) is 3.62. The van der Waals surface area contributed by atoms with E-state index >= 15 is 0 Å². The second-order valence-electron chi connectivity index (χ2n) is 9.52. The zero-order chi connectivity index (χ0) is 29.6. The van der Waals surface area contributed by atoms with Gasteiger partial charge < -0.3 is 10.6 Å². The molecule has 212 valence electrons. The minimum Gasteiger partial charge on any atom is -0.318 e. The predicted molar refractivity (Wildman–Crippen MR) is 145 cm³/mol. The number of halogens is 3. The van der Waals surface area contributed by atoms with Gasteiger partial charge in [-0.05, 0) is 51.0 Å². The van der Waals surface area contributed by atoms with E-state index in [0.29, 0.717) is 28.0 Å². The van der Waals surface area contributed by atoms with E-state index in [1.54, 1.807) is 43.8 Å². The van der Waals surface area contributed by atoms with Crippen LogP contribution < -0.4 is 10.6 Å². The van der Waals surface area contributed by atoms with Gasteiger partial charge in [-0.15, -0.1) is 0 Å². The van der Waals surface area contributed by atoms with Gasteiger partial charge in [0, 0.05) is 25.2 Å². The molecule has 0 fully saturated rings. The highest BCUT2D eigenvalue weighted by atomic mass is 19.4. The second kappa shape index (κ2) is 10.2. The largest absolute Gasteiger partial charge is 0.433 e. The number of carbonyl (C=O) groups excluding carboxylic acids is 2.